The van der Waals surface area contributed by atoms with Gasteiger partial charge in [-0.25, -0.2) is 0 Å². The van der Waals surface area contributed by atoms with Crippen LogP contribution in [0.25, 0.3) is 0 Å². The fourth-order valence-corrected chi connectivity index (χ4v) is 3.64. The molecule has 1 amide bonds. The number of nitrogens with one attached hydrogen (secondary N) is 1. The summed E-state index contributed by atoms with van der Waals surface area (Å²) in [4.78, 5) is 12.2. The molecule has 1 unspecified atom stereocenters. The molecule has 3 nitrogen and oxygen atoms in total. The molecular formula is C17H28N2OS. The van der Waals surface area contributed by atoms with Crippen molar-refractivity contribution in [2.45, 2.75) is 51.6 Å². The van der Waals surface area contributed by atoms with E-state index in [1.54, 1.807) is 11.8 Å². The lowest BCUT2D eigenvalue weighted by Crippen LogP contribution is -2.56. The van der Waals surface area contributed by atoms with E-state index in [1.165, 1.54) is 19.3 Å². The van der Waals surface area contributed by atoms with Crippen molar-refractivity contribution in [3.63, 3.8) is 0 Å². The van der Waals surface area contributed by atoms with Crippen molar-refractivity contribution >= 4 is 17.7 Å². The highest BCUT2D eigenvalue weighted by Crippen LogP contribution is 2.27. The molecule has 0 aliphatic rings. The Kier molecular flexibility index (Phi) is 7.83. The molecule has 0 spiro atoms. The van der Waals surface area contributed by atoms with Gasteiger partial charge >= 0.3 is 0 Å². The molecular weight excluding hydrogens is 280 g/mol. The van der Waals surface area contributed by atoms with Gasteiger partial charge in [-0.1, -0.05) is 50.1 Å². The van der Waals surface area contributed by atoms with Crippen LogP contribution in [0.15, 0.2) is 30.3 Å². The van der Waals surface area contributed by atoms with Crippen molar-refractivity contribution in [2.75, 3.05) is 11.5 Å². The highest BCUT2D eigenvalue weighted by Gasteiger charge is 2.38. The lowest BCUT2D eigenvalue weighted by molar-refractivity contribution is -0.124. The third kappa shape index (κ3) is 5.36. The fourth-order valence-electron chi connectivity index (χ4n) is 2.39. The Bertz CT molecular complexity index is 422. The Morgan fingerprint density at radius 1 is 1.29 bits per heavy atom. The van der Waals surface area contributed by atoms with Gasteiger partial charge in [-0.3, -0.25) is 10.1 Å². The van der Waals surface area contributed by atoms with Crippen molar-refractivity contribution in [1.82, 2.24) is 5.32 Å². The number of unbranched alkanes of at least 4 members (excludes halogenated alkanes) is 2. The Balaban J connectivity index is 2.89. The Hall–Kier alpha value is -1.00. The van der Waals surface area contributed by atoms with Crippen molar-refractivity contribution in [1.29, 1.82) is 0 Å². The van der Waals surface area contributed by atoms with E-state index < -0.39 is 5.54 Å². The van der Waals surface area contributed by atoms with Gasteiger partial charge < -0.3 is 5.73 Å². The number of rotatable bonds is 10. The second-order valence-corrected chi connectivity index (χ2v) is 6.80. The molecule has 0 aliphatic carbocycles. The zero-order valence-electron chi connectivity index (χ0n) is 13.4. The van der Waals surface area contributed by atoms with Gasteiger partial charge in [0.25, 0.3) is 0 Å². The predicted octanol–water partition coefficient (Wildman–Crippen LogP) is 3.29. The highest BCUT2D eigenvalue weighted by molar-refractivity contribution is 7.99. The average Bonchev–Trinajstić information content (AvgIpc) is 2.46. The van der Waals surface area contributed by atoms with E-state index in [4.69, 9.17) is 5.73 Å². The maximum Gasteiger partial charge on any atom is 0.243 e. The minimum absolute atomic E-state index is 0.189. The maximum atomic E-state index is 12.2. The lowest BCUT2D eigenvalue weighted by Gasteiger charge is -2.34. The quantitative estimate of drug-likeness (QED) is 0.652. The van der Waals surface area contributed by atoms with Crippen LogP contribution in [-0.4, -0.2) is 23.5 Å². The summed E-state index contributed by atoms with van der Waals surface area (Å²) in [5.41, 5.74) is 5.95. The number of benzene rings is 1. The van der Waals surface area contributed by atoms with E-state index in [0.29, 0.717) is 5.75 Å². The summed E-state index contributed by atoms with van der Waals surface area (Å²) in [6.07, 6.45) is 3.64. The molecule has 0 saturated heterocycles. The van der Waals surface area contributed by atoms with Crippen LogP contribution in [0.4, 0.5) is 0 Å². The first kappa shape index (κ1) is 18.1. The summed E-state index contributed by atoms with van der Waals surface area (Å²) in [6.45, 7) is 6.29. The normalized spacial score (nSPS) is 14.1. The third-order valence-electron chi connectivity index (χ3n) is 3.43. The van der Waals surface area contributed by atoms with Crippen LogP contribution < -0.4 is 11.1 Å². The zero-order chi connectivity index (χ0) is 15.7. The molecule has 21 heavy (non-hydrogen) atoms. The molecule has 118 valence electrons. The van der Waals surface area contributed by atoms with Gasteiger partial charge in [0.05, 0.1) is 0 Å². The number of carbonyl (C=O) groups is 1. The Morgan fingerprint density at radius 3 is 2.48 bits per heavy atom. The molecule has 0 fully saturated rings. The van der Waals surface area contributed by atoms with E-state index in [0.717, 1.165) is 11.3 Å². The molecule has 3 N–H and O–H groups in total. The van der Waals surface area contributed by atoms with Crippen molar-refractivity contribution < 1.29 is 4.79 Å². The van der Waals surface area contributed by atoms with Crippen molar-refractivity contribution in [2.24, 2.45) is 5.73 Å². The molecule has 0 saturated carbocycles. The summed E-state index contributed by atoms with van der Waals surface area (Å²) in [7, 11) is 0. The molecule has 0 radical (unpaired) electrons. The molecule has 1 rings (SSSR count). The standard InChI is InChI=1S/C17H28N2OS/c1-4-5-9-12-21-13-17(16(18)20,19-14(2)3)15-10-7-6-8-11-15/h6-8,10-11,14,19H,4-5,9,12-13H2,1-3H3,(H2,18,20). The van der Waals surface area contributed by atoms with Crippen LogP contribution in [0.2, 0.25) is 0 Å². The van der Waals surface area contributed by atoms with Gasteiger partial charge in [-0.2, -0.15) is 11.8 Å². The molecule has 0 aromatic heterocycles. The van der Waals surface area contributed by atoms with Crippen molar-refractivity contribution in [3.05, 3.63) is 35.9 Å². The Labute approximate surface area is 133 Å². The average molecular weight is 308 g/mol. The highest BCUT2D eigenvalue weighted by atomic mass is 32.2. The summed E-state index contributed by atoms with van der Waals surface area (Å²) >= 11 is 1.80. The molecule has 1 aromatic carbocycles. The summed E-state index contributed by atoms with van der Waals surface area (Å²) in [5.74, 6) is 1.44. The molecule has 0 heterocycles. The van der Waals surface area contributed by atoms with Crippen LogP contribution in [0.3, 0.4) is 0 Å². The smallest absolute Gasteiger partial charge is 0.243 e. The zero-order valence-corrected chi connectivity index (χ0v) is 14.2. The molecule has 0 bridgehead atoms. The molecule has 4 heteroatoms. The minimum atomic E-state index is -0.785. The van der Waals surface area contributed by atoms with Gasteiger partial charge in [-0.15, -0.1) is 0 Å². The van der Waals surface area contributed by atoms with Gasteiger partial charge in [-0.05, 0) is 31.6 Å². The van der Waals surface area contributed by atoms with Crippen LogP contribution in [-0.2, 0) is 10.3 Å². The first-order valence-electron chi connectivity index (χ1n) is 7.73. The number of carbonyl (C=O) groups excluding carboxylic acids is 1. The topological polar surface area (TPSA) is 55.1 Å². The SMILES string of the molecule is CCCCCSCC(NC(C)C)(C(N)=O)c1ccccc1. The van der Waals surface area contributed by atoms with Gasteiger partial charge in [0.1, 0.15) is 5.54 Å². The van der Waals surface area contributed by atoms with E-state index in [2.05, 4.69) is 12.2 Å². The van der Waals surface area contributed by atoms with E-state index >= 15 is 0 Å². The first-order valence-corrected chi connectivity index (χ1v) is 8.89. The van der Waals surface area contributed by atoms with Crippen LogP contribution >= 0.6 is 11.8 Å². The Morgan fingerprint density at radius 2 is 1.95 bits per heavy atom. The second-order valence-electron chi connectivity index (χ2n) is 5.69. The van der Waals surface area contributed by atoms with Gasteiger partial charge in [0, 0.05) is 11.8 Å². The summed E-state index contributed by atoms with van der Waals surface area (Å²) in [5, 5.41) is 3.40. The second kappa shape index (κ2) is 9.11. The maximum absolute atomic E-state index is 12.2. The summed E-state index contributed by atoms with van der Waals surface area (Å²) in [6, 6.07) is 10.0. The number of primary amides is 1. The van der Waals surface area contributed by atoms with Gasteiger partial charge in [0.2, 0.25) is 5.91 Å². The summed E-state index contributed by atoms with van der Waals surface area (Å²) < 4.78 is 0. The van der Waals surface area contributed by atoms with Crippen molar-refractivity contribution in [3.8, 4) is 0 Å². The third-order valence-corrected chi connectivity index (χ3v) is 4.65. The molecule has 0 aliphatic heterocycles. The lowest BCUT2D eigenvalue weighted by atomic mass is 9.90. The first-order chi connectivity index (χ1) is 10.0. The number of nitrogens with two attached hydrogens (primary N) is 1. The van der Waals surface area contributed by atoms with Crippen LogP contribution in [0, 0.1) is 0 Å². The largest absolute Gasteiger partial charge is 0.368 e. The molecule has 1 aromatic rings. The van der Waals surface area contributed by atoms with Crippen LogP contribution in [0.5, 0.6) is 0 Å². The minimum Gasteiger partial charge on any atom is -0.368 e. The number of hydrogen-bond donors (Lipinski definition) is 2. The monoisotopic (exact) mass is 308 g/mol. The fraction of sp³-hybridized carbons (Fsp3) is 0.588. The van der Waals surface area contributed by atoms with Crippen LogP contribution in [0.1, 0.15) is 45.6 Å². The van der Waals surface area contributed by atoms with E-state index in [1.807, 2.05) is 44.2 Å². The van der Waals surface area contributed by atoms with E-state index in [9.17, 15) is 4.79 Å². The number of thioether (sulfide) groups is 1. The number of amides is 1. The van der Waals surface area contributed by atoms with E-state index in [-0.39, 0.29) is 11.9 Å². The predicted molar refractivity (Wildman–Crippen MR) is 92.4 cm³/mol. The van der Waals surface area contributed by atoms with Gasteiger partial charge in [0.15, 0.2) is 0 Å². The molecule has 1 atom stereocenters. The number of hydrogen-bond acceptors (Lipinski definition) is 3.